The summed E-state index contributed by atoms with van der Waals surface area (Å²) in [5.41, 5.74) is 1.90. The Morgan fingerprint density at radius 1 is 1.50 bits per heavy atom. The summed E-state index contributed by atoms with van der Waals surface area (Å²) < 4.78 is 0. The minimum absolute atomic E-state index is 0.286. The Balaban J connectivity index is 1.97. The molecule has 1 aliphatic rings. The van der Waals surface area contributed by atoms with Gasteiger partial charge in [0.1, 0.15) is 0 Å². The molecule has 2 rings (SSSR count). The Morgan fingerprint density at radius 2 is 2.38 bits per heavy atom. The highest BCUT2D eigenvalue weighted by molar-refractivity contribution is 5.32. The van der Waals surface area contributed by atoms with Crippen molar-refractivity contribution in [1.29, 1.82) is 5.26 Å². The molecular formula is C13H16N2O. The first-order valence-corrected chi connectivity index (χ1v) is 5.64. The molecule has 0 unspecified atom stereocenters. The van der Waals surface area contributed by atoms with Gasteiger partial charge in [-0.05, 0) is 36.6 Å². The Morgan fingerprint density at radius 3 is 3.06 bits per heavy atom. The van der Waals surface area contributed by atoms with Crippen LogP contribution in [0.3, 0.4) is 0 Å². The van der Waals surface area contributed by atoms with Crippen molar-refractivity contribution in [3.8, 4) is 6.07 Å². The van der Waals surface area contributed by atoms with Crippen LogP contribution < -0.4 is 0 Å². The molecule has 1 fully saturated rings. The van der Waals surface area contributed by atoms with Crippen molar-refractivity contribution >= 4 is 0 Å². The van der Waals surface area contributed by atoms with Gasteiger partial charge in [-0.2, -0.15) is 5.26 Å². The molecule has 0 aromatic heterocycles. The van der Waals surface area contributed by atoms with E-state index in [1.165, 1.54) is 5.56 Å². The zero-order valence-corrected chi connectivity index (χ0v) is 9.26. The predicted octanol–water partition coefficient (Wildman–Crippen LogP) is 1.37. The van der Waals surface area contributed by atoms with Gasteiger partial charge in [-0.15, -0.1) is 0 Å². The fourth-order valence-electron chi connectivity index (χ4n) is 2.20. The van der Waals surface area contributed by atoms with Crippen LogP contribution in [0.15, 0.2) is 24.3 Å². The maximum Gasteiger partial charge on any atom is 0.0991 e. The van der Waals surface area contributed by atoms with Gasteiger partial charge >= 0.3 is 0 Å². The summed E-state index contributed by atoms with van der Waals surface area (Å²) in [5, 5.41) is 17.9. The zero-order chi connectivity index (χ0) is 11.4. The molecule has 84 valence electrons. The second-order valence-electron chi connectivity index (χ2n) is 4.38. The first kappa shape index (κ1) is 11.1. The normalized spacial score (nSPS) is 20.9. The van der Waals surface area contributed by atoms with Crippen molar-refractivity contribution in [3.63, 3.8) is 0 Å². The van der Waals surface area contributed by atoms with Crippen molar-refractivity contribution in [2.24, 2.45) is 5.92 Å². The first-order valence-electron chi connectivity index (χ1n) is 5.64. The van der Waals surface area contributed by atoms with Gasteiger partial charge in [0, 0.05) is 19.7 Å². The predicted molar refractivity (Wildman–Crippen MR) is 61.6 cm³/mol. The molecule has 1 atom stereocenters. The number of hydrogen-bond donors (Lipinski definition) is 1. The van der Waals surface area contributed by atoms with E-state index >= 15 is 0 Å². The Bertz CT molecular complexity index is 397. The number of nitrogens with zero attached hydrogens (tertiary/aromatic N) is 2. The zero-order valence-electron chi connectivity index (χ0n) is 9.26. The molecule has 3 nitrogen and oxygen atoms in total. The van der Waals surface area contributed by atoms with Gasteiger partial charge < -0.3 is 5.11 Å². The van der Waals surface area contributed by atoms with E-state index in [1.54, 1.807) is 0 Å². The lowest BCUT2D eigenvalue weighted by molar-refractivity contribution is 0.220. The maximum absolute atomic E-state index is 9.06. The minimum atomic E-state index is 0.286. The molecule has 0 spiro atoms. The standard InChI is InChI=1S/C13H16N2O/c14-7-11-2-1-3-12(6-11)8-15-5-4-13(9-15)10-16/h1-3,6,13,16H,4-5,8-10H2/t13-/m0/s1. The van der Waals surface area contributed by atoms with E-state index in [0.29, 0.717) is 5.92 Å². The summed E-state index contributed by atoms with van der Waals surface area (Å²) in [7, 11) is 0. The highest BCUT2D eigenvalue weighted by atomic mass is 16.3. The third kappa shape index (κ3) is 2.60. The molecule has 0 radical (unpaired) electrons. The van der Waals surface area contributed by atoms with Crippen LogP contribution in [0.1, 0.15) is 17.5 Å². The SMILES string of the molecule is N#Cc1cccc(CN2CC[C@H](CO)C2)c1. The first-order chi connectivity index (χ1) is 7.81. The molecule has 1 aromatic rings. The van der Waals surface area contributed by atoms with E-state index in [4.69, 9.17) is 10.4 Å². The van der Waals surface area contributed by atoms with Crippen LogP contribution in [0.4, 0.5) is 0 Å². The van der Waals surface area contributed by atoms with Crippen LogP contribution in [0, 0.1) is 17.2 Å². The molecule has 16 heavy (non-hydrogen) atoms. The molecule has 0 bridgehead atoms. The van der Waals surface area contributed by atoms with E-state index in [9.17, 15) is 0 Å². The van der Waals surface area contributed by atoms with Gasteiger partial charge in [-0.1, -0.05) is 12.1 Å². The van der Waals surface area contributed by atoms with Crippen molar-refractivity contribution in [1.82, 2.24) is 4.90 Å². The average Bonchev–Trinajstić information content (AvgIpc) is 2.77. The highest BCUT2D eigenvalue weighted by Gasteiger charge is 2.21. The Hall–Kier alpha value is -1.37. The summed E-state index contributed by atoms with van der Waals surface area (Å²) in [5.74, 6) is 0.430. The highest BCUT2D eigenvalue weighted by Crippen LogP contribution is 2.18. The summed E-state index contributed by atoms with van der Waals surface area (Å²) in [6.07, 6.45) is 1.08. The van der Waals surface area contributed by atoms with Crippen molar-refractivity contribution in [2.75, 3.05) is 19.7 Å². The molecule has 0 amide bonds. The lowest BCUT2D eigenvalue weighted by Crippen LogP contribution is -2.20. The summed E-state index contributed by atoms with van der Waals surface area (Å²) >= 11 is 0. The van der Waals surface area contributed by atoms with Gasteiger partial charge in [0.05, 0.1) is 11.6 Å². The second kappa shape index (κ2) is 5.11. The largest absolute Gasteiger partial charge is 0.396 e. The van der Waals surface area contributed by atoms with Gasteiger partial charge in [-0.25, -0.2) is 0 Å². The number of hydrogen-bond acceptors (Lipinski definition) is 3. The second-order valence-corrected chi connectivity index (χ2v) is 4.38. The molecule has 1 saturated heterocycles. The number of rotatable bonds is 3. The van der Waals surface area contributed by atoms with Crippen LogP contribution in [-0.2, 0) is 6.54 Å². The van der Waals surface area contributed by atoms with Gasteiger partial charge in [-0.3, -0.25) is 4.90 Å². The summed E-state index contributed by atoms with van der Waals surface area (Å²) in [6.45, 7) is 3.18. The number of aliphatic hydroxyl groups is 1. The topological polar surface area (TPSA) is 47.3 Å². The summed E-state index contributed by atoms with van der Waals surface area (Å²) in [6, 6.07) is 9.89. The number of likely N-dealkylation sites (tertiary alicyclic amines) is 1. The molecule has 3 heteroatoms. The summed E-state index contributed by atoms with van der Waals surface area (Å²) in [4.78, 5) is 2.33. The van der Waals surface area contributed by atoms with E-state index in [1.807, 2.05) is 24.3 Å². The van der Waals surface area contributed by atoms with Crippen LogP contribution in [-0.4, -0.2) is 29.7 Å². The van der Waals surface area contributed by atoms with Crippen molar-refractivity contribution in [3.05, 3.63) is 35.4 Å². The lowest BCUT2D eigenvalue weighted by Gasteiger charge is -2.15. The van der Waals surface area contributed by atoms with E-state index < -0.39 is 0 Å². The fourth-order valence-corrected chi connectivity index (χ4v) is 2.20. The number of aliphatic hydroxyl groups excluding tert-OH is 1. The van der Waals surface area contributed by atoms with Crippen LogP contribution in [0.2, 0.25) is 0 Å². The third-order valence-electron chi connectivity index (χ3n) is 3.09. The average molecular weight is 216 g/mol. The molecule has 1 aliphatic heterocycles. The minimum Gasteiger partial charge on any atom is -0.396 e. The molecule has 0 aliphatic carbocycles. The van der Waals surface area contributed by atoms with E-state index in [-0.39, 0.29) is 6.61 Å². The molecular weight excluding hydrogens is 200 g/mol. The van der Waals surface area contributed by atoms with E-state index in [0.717, 1.165) is 31.6 Å². The van der Waals surface area contributed by atoms with Crippen molar-refractivity contribution < 1.29 is 5.11 Å². The van der Waals surface area contributed by atoms with Crippen molar-refractivity contribution in [2.45, 2.75) is 13.0 Å². The van der Waals surface area contributed by atoms with Crippen LogP contribution >= 0.6 is 0 Å². The quantitative estimate of drug-likeness (QED) is 0.830. The van der Waals surface area contributed by atoms with Crippen LogP contribution in [0.25, 0.3) is 0 Å². The van der Waals surface area contributed by atoms with Crippen LogP contribution in [0.5, 0.6) is 0 Å². The fraction of sp³-hybridized carbons (Fsp3) is 0.462. The van der Waals surface area contributed by atoms with Gasteiger partial charge in [0.25, 0.3) is 0 Å². The molecule has 0 saturated carbocycles. The number of nitriles is 1. The lowest BCUT2D eigenvalue weighted by atomic mass is 10.1. The number of benzene rings is 1. The van der Waals surface area contributed by atoms with Gasteiger partial charge in [0.2, 0.25) is 0 Å². The third-order valence-corrected chi connectivity index (χ3v) is 3.09. The molecule has 1 heterocycles. The monoisotopic (exact) mass is 216 g/mol. The molecule has 1 aromatic carbocycles. The van der Waals surface area contributed by atoms with E-state index in [2.05, 4.69) is 11.0 Å². The Kier molecular flexibility index (Phi) is 3.55. The smallest absolute Gasteiger partial charge is 0.0991 e. The van der Waals surface area contributed by atoms with Gasteiger partial charge in [0.15, 0.2) is 0 Å². The Labute approximate surface area is 95.9 Å². The molecule has 1 N–H and O–H groups in total. The maximum atomic E-state index is 9.06.